The number of halogens is 1. The van der Waals surface area contributed by atoms with Gasteiger partial charge in [-0.05, 0) is 41.4 Å². The van der Waals surface area contributed by atoms with Crippen molar-refractivity contribution in [2.75, 3.05) is 5.73 Å². The fourth-order valence-corrected chi connectivity index (χ4v) is 2.71. The second-order valence-corrected chi connectivity index (χ2v) is 5.38. The van der Waals surface area contributed by atoms with Crippen LogP contribution in [0.2, 0.25) is 0 Å². The van der Waals surface area contributed by atoms with Crippen molar-refractivity contribution in [3.63, 3.8) is 0 Å². The first-order chi connectivity index (χ1) is 9.10. The van der Waals surface area contributed by atoms with Gasteiger partial charge in [0, 0.05) is 29.0 Å². The van der Waals surface area contributed by atoms with Crippen molar-refractivity contribution in [3.05, 3.63) is 34.7 Å². The molecule has 0 radical (unpaired) electrons. The molecule has 3 aromatic heterocycles. The van der Waals surface area contributed by atoms with Gasteiger partial charge in [-0.2, -0.15) is 5.10 Å². The molecule has 3 rings (SSSR count). The Hall–Kier alpha value is -1.82. The van der Waals surface area contributed by atoms with Gasteiger partial charge in [-0.1, -0.05) is 0 Å². The summed E-state index contributed by atoms with van der Waals surface area (Å²) in [6, 6.07) is 2.03. The van der Waals surface area contributed by atoms with Gasteiger partial charge in [-0.15, -0.1) is 0 Å². The van der Waals surface area contributed by atoms with Crippen LogP contribution in [-0.4, -0.2) is 19.2 Å². The highest BCUT2D eigenvalue weighted by molar-refractivity contribution is 9.10. The molecule has 0 bridgehead atoms. The zero-order valence-electron chi connectivity index (χ0n) is 10.8. The predicted octanol–water partition coefficient (Wildman–Crippen LogP) is 2.87. The third-order valence-electron chi connectivity index (χ3n) is 3.14. The standard InChI is InChI=1S/C13H14BrN5/c1-3-18-6-9(5-16-18)11-12(15)19-7-10(14)4-8(2)13(19)17-11/h4-7H,3,15H2,1-2H3. The Morgan fingerprint density at radius 1 is 1.37 bits per heavy atom. The van der Waals surface area contributed by atoms with Crippen LogP contribution in [0.25, 0.3) is 16.9 Å². The van der Waals surface area contributed by atoms with Crippen LogP contribution in [0.3, 0.4) is 0 Å². The van der Waals surface area contributed by atoms with E-state index in [1.54, 1.807) is 6.20 Å². The molecule has 3 aromatic rings. The molecule has 0 saturated heterocycles. The summed E-state index contributed by atoms with van der Waals surface area (Å²) >= 11 is 3.48. The number of hydrogen-bond donors (Lipinski definition) is 1. The van der Waals surface area contributed by atoms with Crippen molar-refractivity contribution in [2.45, 2.75) is 20.4 Å². The van der Waals surface area contributed by atoms with Crippen molar-refractivity contribution < 1.29 is 0 Å². The van der Waals surface area contributed by atoms with Gasteiger partial charge in [0.25, 0.3) is 0 Å². The van der Waals surface area contributed by atoms with Crippen molar-refractivity contribution in [1.29, 1.82) is 0 Å². The number of imidazole rings is 1. The quantitative estimate of drug-likeness (QED) is 0.790. The lowest BCUT2D eigenvalue weighted by Gasteiger charge is -2.00. The molecule has 0 saturated carbocycles. The number of fused-ring (bicyclic) bond motifs is 1. The van der Waals surface area contributed by atoms with E-state index in [1.807, 2.05) is 41.4 Å². The van der Waals surface area contributed by atoms with Crippen LogP contribution >= 0.6 is 15.9 Å². The van der Waals surface area contributed by atoms with E-state index in [0.29, 0.717) is 5.82 Å². The zero-order chi connectivity index (χ0) is 13.6. The number of aryl methyl sites for hydroxylation is 2. The summed E-state index contributed by atoms with van der Waals surface area (Å²) in [5.41, 5.74) is 9.88. The average molecular weight is 320 g/mol. The predicted molar refractivity (Wildman–Crippen MR) is 78.9 cm³/mol. The molecule has 0 aromatic carbocycles. The van der Waals surface area contributed by atoms with Gasteiger partial charge in [-0.3, -0.25) is 9.08 Å². The summed E-state index contributed by atoms with van der Waals surface area (Å²) in [6.45, 7) is 4.90. The summed E-state index contributed by atoms with van der Waals surface area (Å²) in [6.07, 6.45) is 5.69. The third-order valence-corrected chi connectivity index (χ3v) is 3.57. The van der Waals surface area contributed by atoms with E-state index in [1.165, 1.54) is 0 Å². The molecule has 0 aliphatic carbocycles. The topological polar surface area (TPSA) is 61.1 Å². The van der Waals surface area contributed by atoms with E-state index in [9.17, 15) is 0 Å². The van der Waals surface area contributed by atoms with E-state index >= 15 is 0 Å². The molecule has 0 spiro atoms. The maximum Gasteiger partial charge on any atom is 0.142 e. The fourth-order valence-electron chi connectivity index (χ4n) is 2.16. The number of nitrogen functional groups attached to an aromatic ring is 1. The Labute approximate surface area is 119 Å². The van der Waals surface area contributed by atoms with Crippen LogP contribution in [0, 0.1) is 6.92 Å². The van der Waals surface area contributed by atoms with Gasteiger partial charge in [0.05, 0.1) is 6.20 Å². The molecule has 0 unspecified atom stereocenters. The lowest BCUT2D eigenvalue weighted by atomic mass is 10.2. The molecule has 2 N–H and O–H groups in total. The molecule has 0 fully saturated rings. The minimum absolute atomic E-state index is 0.634. The van der Waals surface area contributed by atoms with Gasteiger partial charge >= 0.3 is 0 Å². The number of nitrogens with zero attached hydrogens (tertiary/aromatic N) is 4. The summed E-state index contributed by atoms with van der Waals surface area (Å²) in [5, 5.41) is 4.26. The van der Waals surface area contributed by atoms with E-state index in [0.717, 1.165) is 33.5 Å². The third kappa shape index (κ3) is 1.92. The molecular formula is C13H14BrN5. The molecule has 0 aliphatic rings. The second kappa shape index (κ2) is 4.38. The summed E-state index contributed by atoms with van der Waals surface area (Å²) in [5.74, 6) is 0.634. The summed E-state index contributed by atoms with van der Waals surface area (Å²) < 4.78 is 4.75. The molecule has 0 amide bonds. The SMILES string of the molecule is CCn1cc(-c2nc3c(C)cc(Br)cn3c2N)cn1. The number of hydrogen-bond acceptors (Lipinski definition) is 3. The summed E-state index contributed by atoms with van der Waals surface area (Å²) in [7, 11) is 0. The highest BCUT2D eigenvalue weighted by atomic mass is 79.9. The van der Waals surface area contributed by atoms with Crippen LogP contribution in [0.15, 0.2) is 29.1 Å². The van der Waals surface area contributed by atoms with Gasteiger partial charge in [0.2, 0.25) is 0 Å². The van der Waals surface area contributed by atoms with Crippen LogP contribution in [0.5, 0.6) is 0 Å². The zero-order valence-corrected chi connectivity index (χ0v) is 12.3. The molecule has 6 heteroatoms. The van der Waals surface area contributed by atoms with Gasteiger partial charge in [0.15, 0.2) is 0 Å². The lowest BCUT2D eigenvalue weighted by Crippen LogP contribution is -1.95. The minimum Gasteiger partial charge on any atom is -0.383 e. The minimum atomic E-state index is 0.634. The first-order valence-electron chi connectivity index (χ1n) is 6.06. The average Bonchev–Trinajstić information content (AvgIpc) is 2.95. The number of pyridine rings is 1. The maximum atomic E-state index is 6.20. The van der Waals surface area contributed by atoms with Crippen LogP contribution in [0.1, 0.15) is 12.5 Å². The Bertz CT molecular complexity index is 756. The van der Waals surface area contributed by atoms with Crippen molar-refractivity contribution in [3.8, 4) is 11.3 Å². The van der Waals surface area contributed by atoms with E-state index in [-0.39, 0.29) is 0 Å². The number of anilines is 1. The Morgan fingerprint density at radius 2 is 2.16 bits per heavy atom. The molecule has 98 valence electrons. The molecule has 5 nitrogen and oxygen atoms in total. The van der Waals surface area contributed by atoms with Gasteiger partial charge in [0.1, 0.15) is 17.2 Å². The summed E-state index contributed by atoms with van der Waals surface area (Å²) in [4.78, 5) is 4.63. The van der Waals surface area contributed by atoms with Crippen LogP contribution in [-0.2, 0) is 6.54 Å². The highest BCUT2D eigenvalue weighted by Gasteiger charge is 2.14. The van der Waals surface area contributed by atoms with E-state index in [2.05, 4.69) is 26.0 Å². The van der Waals surface area contributed by atoms with E-state index < -0.39 is 0 Å². The molecule has 0 aliphatic heterocycles. The highest BCUT2D eigenvalue weighted by Crippen LogP contribution is 2.28. The molecule has 0 atom stereocenters. The molecule has 19 heavy (non-hydrogen) atoms. The Kier molecular flexibility index (Phi) is 2.82. The van der Waals surface area contributed by atoms with Crippen molar-refractivity contribution in [1.82, 2.24) is 19.2 Å². The number of aromatic nitrogens is 4. The lowest BCUT2D eigenvalue weighted by molar-refractivity contribution is 0.660. The van der Waals surface area contributed by atoms with Gasteiger partial charge in [-0.25, -0.2) is 4.98 Å². The largest absolute Gasteiger partial charge is 0.383 e. The Morgan fingerprint density at radius 3 is 2.84 bits per heavy atom. The van der Waals surface area contributed by atoms with Crippen molar-refractivity contribution >= 4 is 27.4 Å². The Balaban J connectivity index is 2.25. The van der Waals surface area contributed by atoms with Crippen molar-refractivity contribution in [2.24, 2.45) is 0 Å². The first-order valence-corrected chi connectivity index (χ1v) is 6.86. The van der Waals surface area contributed by atoms with Crippen LogP contribution in [0.4, 0.5) is 5.82 Å². The molecule has 3 heterocycles. The maximum absolute atomic E-state index is 6.20. The normalized spacial score (nSPS) is 11.3. The number of rotatable bonds is 2. The smallest absolute Gasteiger partial charge is 0.142 e. The van der Waals surface area contributed by atoms with Gasteiger partial charge < -0.3 is 5.73 Å². The first kappa shape index (κ1) is 12.2. The number of nitrogens with two attached hydrogens (primary N) is 1. The van der Waals surface area contributed by atoms with Crippen LogP contribution < -0.4 is 5.73 Å². The van der Waals surface area contributed by atoms with E-state index in [4.69, 9.17) is 5.73 Å². The second-order valence-electron chi connectivity index (χ2n) is 4.47. The molecular weight excluding hydrogens is 306 g/mol. The monoisotopic (exact) mass is 319 g/mol. The fraction of sp³-hybridized carbons (Fsp3) is 0.231.